The highest BCUT2D eigenvalue weighted by Gasteiger charge is 2.03. The highest BCUT2D eigenvalue weighted by Crippen LogP contribution is 1.91. The van der Waals surface area contributed by atoms with Gasteiger partial charge in [0.05, 0.1) is 0 Å². The Morgan fingerprint density at radius 3 is 2.00 bits per heavy atom. The molecule has 3 heteroatoms. The molecule has 0 saturated carbocycles. The Hall–Kier alpha value is -0.120. The summed E-state index contributed by atoms with van der Waals surface area (Å²) in [5.41, 5.74) is 5.85. The van der Waals surface area contributed by atoms with Crippen LogP contribution in [0.25, 0.3) is 0 Å². The van der Waals surface area contributed by atoms with Crippen LogP contribution >= 0.6 is 0 Å². The molecule has 0 saturated heterocycles. The first kappa shape index (κ1) is 10.9. The van der Waals surface area contributed by atoms with E-state index in [-0.39, 0.29) is 0 Å². The van der Waals surface area contributed by atoms with Crippen LogP contribution in [0.3, 0.4) is 0 Å². The third kappa shape index (κ3) is 7.78. The van der Waals surface area contributed by atoms with Gasteiger partial charge in [-0.1, -0.05) is 0 Å². The molecule has 0 aromatic rings. The predicted molar refractivity (Wildman–Crippen MR) is 49.7 cm³/mol. The van der Waals surface area contributed by atoms with Gasteiger partial charge in [0.1, 0.15) is 0 Å². The average Bonchev–Trinajstić information content (AvgIpc) is 1.82. The van der Waals surface area contributed by atoms with Crippen molar-refractivity contribution in [2.75, 3.05) is 41.3 Å². The van der Waals surface area contributed by atoms with E-state index in [1.165, 1.54) is 0 Å². The van der Waals surface area contributed by atoms with E-state index in [0.29, 0.717) is 6.04 Å². The van der Waals surface area contributed by atoms with Gasteiger partial charge in [-0.3, -0.25) is 0 Å². The average molecular weight is 159 g/mol. The number of nitrogens with zero attached hydrogens (tertiary/aromatic N) is 2. The molecule has 0 rings (SSSR count). The van der Waals surface area contributed by atoms with Crippen molar-refractivity contribution in [3.63, 3.8) is 0 Å². The number of nitrogens with two attached hydrogens (primary N) is 1. The van der Waals surface area contributed by atoms with Gasteiger partial charge in [0.2, 0.25) is 0 Å². The summed E-state index contributed by atoms with van der Waals surface area (Å²) in [4.78, 5) is 4.29. The topological polar surface area (TPSA) is 32.5 Å². The highest BCUT2D eigenvalue weighted by atomic mass is 15.1. The highest BCUT2D eigenvalue weighted by molar-refractivity contribution is 4.65. The molecule has 0 spiro atoms. The van der Waals surface area contributed by atoms with Crippen LogP contribution in [0.15, 0.2) is 0 Å². The van der Waals surface area contributed by atoms with Crippen LogP contribution in [0.4, 0.5) is 0 Å². The fraction of sp³-hybridized carbons (Fsp3) is 1.00. The van der Waals surface area contributed by atoms with E-state index in [2.05, 4.69) is 38.0 Å². The van der Waals surface area contributed by atoms with Gasteiger partial charge >= 0.3 is 0 Å². The standard InChI is InChI=1S/C8H21N3/c1-10(2)6-5-8(9)7-11(3)4/h8H,5-7,9H2,1-4H3. The second-order valence-corrected chi connectivity index (χ2v) is 3.61. The van der Waals surface area contributed by atoms with Crippen LogP contribution in [-0.2, 0) is 0 Å². The minimum atomic E-state index is 0.312. The van der Waals surface area contributed by atoms with Gasteiger partial charge in [-0.2, -0.15) is 0 Å². The number of likely N-dealkylation sites (N-methyl/N-ethyl adjacent to an activating group) is 1. The van der Waals surface area contributed by atoms with Gasteiger partial charge in [-0.25, -0.2) is 0 Å². The zero-order valence-corrected chi connectivity index (χ0v) is 8.17. The largest absolute Gasteiger partial charge is 0.326 e. The Bertz CT molecular complexity index is 91.3. The van der Waals surface area contributed by atoms with Crippen molar-refractivity contribution < 1.29 is 0 Å². The first-order valence-electron chi connectivity index (χ1n) is 4.07. The van der Waals surface area contributed by atoms with E-state index in [0.717, 1.165) is 19.5 Å². The molecule has 0 heterocycles. The third-order valence-corrected chi connectivity index (χ3v) is 1.55. The Morgan fingerprint density at radius 1 is 1.09 bits per heavy atom. The summed E-state index contributed by atoms with van der Waals surface area (Å²) in [7, 11) is 8.25. The number of rotatable bonds is 5. The van der Waals surface area contributed by atoms with E-state index >= 15 is 0 Å². The van der Waals surface area contributed by atoms with Crippen LogP contribution in [0.2, 0.25) is 0 Å². The molecule has 1 atom stereocenters. The molecule has 0 aliphatic carbocycles. The molecular weight excluding hydrogens is 138 g/mol. The van der Waals surface area contributed by atoms with Gasteiger partial charge in [-0.05, 0) is 41.2 Å². The molecule has 0 aliphatic heterocycles. The lowest BCUT2D eigenvalue weighted by Crippen LogP contribution is -2.35. The van der Waals surface area contributed by atoms with E-state index in [4.69, 9.17) is 5.73 Å². The maximum atomic E-state index is 5.85. The monoisotopic (exact) mass is 159 g/mol. The van der Waals surface area contributed by atoms with Crippen LogP contribution in [0.1, 0.15) is 6.42 Å². The maximum absolute atomic E-state index is 5.85. The molecule has 0 amide bonds. The van der Waals surface area contributed by atoms with Crippen molar-refractivity contribution in [1.29, 1.82) is 0 Å². The first-order chi connectivity index (χ1) is 5.02. The molecule has 11 heavy (non-hydrogen) atoms. The lowest BCUT2D eigenvalue weighted by Gasteiger charge is -2.18. The van der Waals surface area contributed by atoms with Crippen molar-refractivity contribution in [3.05, 3.63) is 0 Å². The summed E-state index contributed by atoms with van der Waals surface area (Å²) >= 11 is 0. The summed E-state index contributed by atoms with van der Waals surface area (Å²) in [6.45, 7) is 2.06. The summed E-state index contributed by atoms with van der Waals surface area (Å²) in [6, 6.07) is 0.312. The van der Waals surface area contributed by atoms with Crippen molar-refractivity contribution in [2.24, 2.45) is 5.73 Å². The van der Waals surface area contributed by atoms with Gasteiger partial charge < -0.3 is 15.5 Å². The van der Waals surface area contributed by atoms with Crippen LogP contribution in [0.5, 0.6) is 0 Å². The Morgan fingerprint density at radius 2 is 1.64 bits per heavy atom. The van der Waals surface area contributed by atoms with Crippen molar-refractivity contribution >= 4 is 0 Å². The Balaban J connectivity index is 3.29. The second-order valence-electron chi connectivity index (χ2n) is 3.61. The van der Waals surface area contributed by atoms with E-state index < -0.39 is 0 Å². The summed E-state index contributed by atoms with van der Waals surface area (Å²) in [5, 5.41) is 0. The van der Waals surface area contributed by atoms with Gasteiger partial charge in [-0.15, -0.1) is 0 Å². The van der Waals surface area contributed by atoms with Crippen molar-refractivity contribution in [2.45, 2.75) is 12.5 Å². The van der Waals surface area contributed by atoms with Gasteiger partial charge in [0.15, 0.2) is 0 Å². The molecular formula is C8H21N3. The minimum absolute atomic E-state index is 0.312. The third-order valence-electron chi connectivity index (χ3n) is 1.55. The molecule has 1 unspecified atom stereocenters. The normalized spacial score (nSPS) is 14.5. The van der Waals surface area contributed by atoms with Crippen molar-refractivity contribution in [1.82, 2.24) is 9.80 Å². The van der Waals surface area contributed by atoms with Gasteiger partial charge in [0, 0.05) is 12.6 Å². The molecule has 0 bridgehead atoms. The zero-order valence-electron chi connectivity index (χ0n) is 8.17. The Labute approximate surface area is 70.2 Å². The molecule has 0 aromatic carbocycles. The molecule has 0 radical (unpaired) electrons. The number of hydrogen-bond donors (Lipinski definition) is 1. The van der Waals surface area contributed by atoms with Crippen LogP contribution < -0.4 is 5.73 Å². The Kier molecular flexibility index (Phi) is 5.46. The first-order valence-corrected chi connectivity index (χ1v) is 4.07. The maximum Gasteiger partial charge on any atom is 0.0179 e. The number of hydrogen-bond acceptors (Lipinski definition) is 3. The molecule has 0 fully saturated rings. The molecule has 2 N–H and O–H groups in total. The summed E-state index contributed by atoms with van der Waals surface area (Å²) < 4.78 is 0. The van der Waals surface area contributed by atoms with Crippen molar-refractivity contribution in [3.8, 4) is 0 Å². The van der Waals surface area contributed by atoms with E-state index in [9.17, 15) is 0 Å². The second kappa shape index (κ2) is 5.52. The molecule has 0 aliphatic rings. The quantitative estimate of drug-likeness (QED) is 0.604. The summed E-state index contributed by atoms with van der Waals surface area (Å²) in [5.74, 6) is 0. The predicted octanol–water partition coefficient (Wildman–Crippen LogP) is -0.173. The molecule has 68 valence electrons. The van der Waals surface area contributed by atoms with Crippen LogP contribution in [0, 0.1) is 0 Å². The fourth-order valence-corrected chi connectivity index (χ4v) is 0.984. The minimum Gasteiger partial charge on any atom is -0.326 e. The lowest BCUT2D eigenvalue weighted by atomic mass is 10.2. The van der Waals surface area contributed by atoms with E-state index in [1.807, 2.05) is 0 Å². The van der Waals surface area contributed by atoms with E-state index in [1.54, 1.807) is 0 Å². The lowest BCUT2D eigenvalue weighted by molar-refractivity contribution is 0.326. The summed E-state index contributed by atoms with van der Waals surface area (Å²) in [6.07, 6.45) is 1.07. The zero-order chi connectivity index (χ0) is 8.85. The van der Waals surface area contributed by atoms with Gasteiger partial charge in [0.25, 0.3) is 0 Å². The smallest absolute Gasteiger partial charge is 0.0179 e. The molecule has 0 aromatic heterocycles. The molecule has 3 nitrogen and oxygen atoms in total. The van der Waals surface area contributed by atoms with Crippen LogP contribution in [-0.4, -0.2) is 57.1 Å². The fourth-order valence-electron chi connectivity index (χ4n) is 0.984. The SMILES string of the molecule is CN(C)CCC(N)CN(C)C.